The molecule has 1 heterocycles. The highest BCUT2D eigenvalue weighted by Gasteiger charge is 2.31. The van der Waals surface area contributed by atoms with E-state index >= 15 is 0 Å². The number of thioether (sulfide) groups is 1. The highest BCUT2D eigenvalue weighted by Crippen LogP contribution is 2.24. The van der Waals surface area contributed by atoms with Crippen molar-refractivity contribution in [2.24, 2.45) is 0 Å². The third-order valence-corrected chi connectivity index (χ3v) is 5.96. The topological polar surface area (TPSA) is 61.4 Å². The molecule has 21 heavy (non-hydrogen) atoms. The second-order valence-corrected chi connectivity index (χ2v) is 7.66. The number of hydrogen-bond acceptors (Lipinski definition) is 4. The Hall–Kier alpha value is -0.760. The molecule has 2 N–H and O–H groups in total. The van der Waals surface area contributed by atoms with E-state index in [2.05, 4.69) is 10.0 Å². The van der Waals surface area contributed by atoms with Gasteiger partial charge >= 0.3 is 10.2 Å². The zero-order valence-corrected chi connectivity index (χ0v) is 14.1. The molecule has 2 rings (SSSR count). The summed E-state index contributed by atoms with van der Waals surface area (Å²) in [5.41, 5.74) is 0.621. The van der Waals surface area contributed by atoms with Crippen molar-refractivity contribution < 1.29 is 8.42 Å². The Kier molecular flexibility index (Phi) is 5.92. The van der Waals surface area contributed by atoms with E-state index in [9.17, 15) is 8.42 Å². The van der Waals surface area contributed by atoms with Crippen LogP contribution in [0.4, 0.5) is 5.69 Å². The molecule has 0 bridgehead atoms. The fourth-order valence-corrected chi connectivity index (χ4v) is 4.57. The lowest BCUT2D eigenvalue weighted by Gasteiger charge is -2.34. The van der Waals surface area contributed by atoms with Gasteiger partial charge in [-0.3, -0.25) is 4.72 Å². The fraction of sp³-hybridized carbons (Fsp3) is 0.571. The standard InChI is InChI=1S/C14H23N3O2S2/c1-15-11-13-7-3-4-9-17(13)21(18,19)16-12-6-5-8-14(10-12)20-2/h5-6,8,10,13,15-16H,3-4,7,9,11H2,1-2H3. The van der Waals surface area contributed by atoms with E-state index in [4.69, 9.17) is 0 Å². The molecular formula is C14H23N3O2S2. The van der Waals surface area contributed by atoms with Gasteiger partial charge in [-0.1, -0.05) is 12.5 Å². The lowest BCUT2D eigenvalue weighted by Crippen LogP contribution is -2.49. The molecule has 7 heteroatoms. The molecule has 0 aliphatic carbocycles. The number of piperidine rings is 1. The first kappa shape index (κ1) is 16.6. The maximum absolute atomic E-state index is 12.6. The lowest BCUT2D eigenvalue weighted by atomic mass is 10.1. The Morgan fingerprint density at radius 1 is 1.38 bits per heavy atom. The van der Waals surface area contributed by atoms with Gasteiger partial charge in [-0.05, 0) is 44.3 Å². The second-order valence-electron chi connectivity index (χ2n) is 5.16. The number of nitrogens with one attached hydrogen (secondary N) is 2. The molecule has 1 atom stereocenters. The van der Waals surface area contributed by atoms with Crippen LogP contribution in [-0.2, 0) is 10.2 Å². The van der Waals surface area contributed by atoms with E-state index < -0.39 is 10.2 Å². The maximum Gasteiger partial charge on any atom is 0.301 e. The van der Waals surface area contributed by atoms with Gasteiger partial charge in [-0.25, -0.2) is 0 Å². The first-order valence-electron chi connectivity index (χ1n) is 7.15. The molecule has 1 saturated heterocycles. The number of rotatable bonds is 6. The number of hydrogen-bond donors (Lipinski definition) is 2. The highest BCUT2D eigenvalue weighted by molar-refractivity contribution is 7.98. The second kappa shape index (κ2) is 7.49. The Morgan fingerprint density at radius 3 is 2.90 bits per heavy atom. The van der Waals surface area contributed by atoms with Crippen LogP contribution in [0.25, 0.3) is 0 Å². The van der Waals surface area contributed by atoms with Gasteiger partial charge < -0.3 is 5.32 Å². The normalized spacial score (nSPS) is 20.4. The first-order chi connectivity index (χ1) is 10.1. The molecule has 0 spiro atoms. The fourth-order valence-electron chi connectivity index (χ4n) is 2.62. The molecule has 1 aliphatic rings. The van der Waals surface area contributed by atoms with Crippen molar-refractivity contribution in [2.45, 2.75) is 30.2 Å². The molecule has 1 aromatic rings. The van der Waals surface area contributed by atoms with Crippen LogP contribution >= 0.6 is 11.8 Å². The van der Waals surface area contributed by atoms with E-state index in [0.29, 0.717) is 18.8 Å². The number of likely N-dealkylation sites (N-methyl/N-ethyl adjacent to an activating group) is 1. The van der Waals surface area contributed by atoms with Gasteiger partial charge in [0, 0.05) is 24.0 Å². The van der Waals surface area contributed by atoms with Crippen molar-refractivity contribution in [3.05, 3.63) is 24.3 Å². The summed E-state index contributed by atoms with van der Waals surface area (Å²) in [5, 5.41) is 3.08. The van der Waals surface area contributed by atoms with Crippen molar-refractivity contribution >= 4 is 27.7 Å². The summed E-state index contributed by atoms with van der Waals surface area (Å²) in [6, 6.07) is 7.51. The zero-order valence-electron chi connectivity index (χ0n) is 12.5. The predicted octanol–water partition coefficient (Wildman–Crippen LogP) is 2.14. The largest absolute Gasteiger partial charge is 0.318 e. The average Bonchev–Trinajstić information content (AvgIpc) is 2.48. The molecule has 1 aromatic carbocycles. The van der Waals surface area contributed by atoms with Crippen molar-refractivity contribution in [1.82, 2.24) is 9.62 Å². The van der Waals surface area contributed by atoms with Crippen LogP contribution in [0.15, 0.2) is 29.2 Å². The van der Waals surface area contributed by atoms with Gasteiger partial charge in [-0.2, -0.15) is 12.7 Å². The Morgan fingerprint density at radius 2 is 2.19 bits per heavy atom. The van der Waals surface area contributed by atoms with E-state index in [-0.39, 0.29) is 6.04 Å². The van der Waals surface area contributed by atoms with Crippen LogP contribution in [0, 0.1) is 0 Å². The third-order valence-electron chi connectivity index (χ3n) is 3.64. The third kappa shape index (κ3) is 4.35. The average molecular weight is 329 g/mol. The molecule has 5 nitrogen and oxygen atoms in total. The number of benzene rings is 1. The number of nitrogens with zero attached hydrogens (tertiary/aromatic N) is 1. The van der Waals surface area contributed by atoms with Crippen LogP contribution in [0.2, 0.25) is 0 Å². The van der Waals surface area contributed by atoms with E-state index in [1.54, 1.807) is 22.1 Å². The van der Waals surface area contributed by atoms with Gasteiger partial charge in [0.1, 0.15) is 0 Å². The van der Waals surface area contributed by atoms with Crippen LogP contribution in [0.3, 0.4) is 0 Å². The zero-order chi connectivity index (χ0) is 15.3. The highest BCUT2D eigenvalue weighted by atomic mass is 32.2. The summed E-state index contributed by atoms with van der Waals surface area (Å²) in [7, 11) is -1.64. The minimum absolute atomic E-state index is 0.0324. The van der Waals surface area contributed by atoms with E-state index in [0.717, 1.165) is 24.2 Å². The minimum atomic E-state index is -3.50. The molecule has 0 amide bonds. The van der Waals surface area contributed by atoms with Crippen molar-refractivity contribution in [2.75, 3.05) is 31.1 Å². The van der Waals surface area contributed by atoms with Crippen LogP contribution in [0.1, 0.15) is 19.3 Å². The quantitative estimate of drug-likeness (QED) is 0.785. The Bertz CT molecular complexity index is 561. The van der Waals surface area contributed by atoms with Crippen LogP contribution in [-0.4, -0.2) is 45.2 Å². The van der Waals surface area contributed by atoms with Gasteiger partial charge in [0.05, 0.1) is 5.69 Å². The van der Waals surface area contributed by atoms with Crippen LogP contribution < -0.4 is 10.0 Å². The van der Waals surface area contributed by atoms with E-state index in [1.165, 1.54) is 0 Å². The summed E-state index contributed by atoms with van der Waals surface area (Å²) in [6.45, 7) is 1.27. The summed E-state index contributed by atoms with van der Waals surface area (Å²) >= 11 is 1.59. The molecule has 1 unspecified atom stereocenters. The van der Waals surface area contributed by atoms with Gasteiger partial charge in [0.2, 0.25) is 0 Å². The summed E-state index contributed by atoms with van der Waals surface area (Å²) in [4.78, 5) is 1.04. The summed E-state index contributed by atoms with van der Waals surface area (Å²) in [6.07, 6.45) is 4.89. The Labute approximate surface area is 131 Å². The molecular weight excluding hydrogens is 306 g/mol. The maximum atomic E-state index is 12.6. The SMILES string of the molecule is CNCC1CCCCN1S(=O)(=O)Nc1cccc(SC)c1. The molecule has 1 fully saturated rings. The smallest absolute Gasteiger partial charge is 0.301 e. The first-order valence-corrected chi connectivity index (χ1v) is 9.81. The minimum Gasteiger partial charge on any atom is -0.318 e. The van der Waals surface area contributed by atoms with Crippen molar-refractivity contribution in [3.8, 4) is 0 Å². The summed E-state index contributed by atoms with van der Waals surface area (Å²) in [5.74, 6) is 0. The van der Waals surface area contributed by atoms with Crippen LogP contribution in [0.5, 0.6) is 0 Å². The molecule has 1 aliphatic heterocycles. The van der Waals surface area contributed by atoms with Crippen molar-refractivity contribution in [3.63, 3.8) is 0 Å². The predicted molar refractivity (Wildman–Crippen MR) is 89.0 cm³/mol. The van der Waals surface area contributed by atoms with Gasteiger partial charge in [0.25, 0.3) is 0 Å². The summed E-state index contributed by atoms with van der Waals surface area (Å²) < 4.78 is 29.5. The number of anilines is 1. The molecule has 0 saturated carbocycles. The van der Waals surface area contributed by atoms with E-state index in [1.807, 2.05) is 31.5 Å². The Balaban J connectivity index is 2.15. The lowest BCUT2D eigenvalue weighted by molar-refractivity contribution is 0.250. The monoisotopic (exact) mass is 329 g/mol. The molecule has 118 valence electrons. The molecule has 0 radical (unpaired) electrons. The van der Waals surface area contributed by atoms with Gasteiger partial charge in [-0.15, -0.1) is 11.8 Å². The molecule has 0 aromatic heterocycles. The van der Waals surface area contributed by atoms with Crippen molar-refractivity contribution in [1.29, 1.82) is 0 Å². The van der Waals surface area contributed by atoms with Gasteiger partial charge in [0.15, 0.2) is 0 Å².